The van der Waals surface area contributed by atoms with Gasteiger partial charge in [-0.1, -0.05) is 73.7 Å². The maximum atomic E-state index is 12.6. The minimum absolute atomic E-state index is 0.0788. The van der Waals surface area contributed by atoms with Gasteiger partial charge in [0.1, 0.15) is 5.78 Å². The van der Waals surface area contributed by atoms with Crippen molar-refractivity contribution in [2.45, 2.75) is 45.6 Å². The number of hydrogen-bond donors (Lipinski definition) is 2. The van der Waals surface area contributed by atoms with Crippen LogP contribution in [0.2, 0.25) is 0 Å². The number of nitrogens with zero attached hydrogens (tertiary/aromatic N) is 1. The lowest BCUT2D eigenvalue weighted by Crippen LogP contribution is -2.11. The number of carbonyl (C=O) groups is 2. The largest absolute Gasteiger partial charge is 0.393 e. The van der Waals surface area contributed by atoms with E-state index < -0.39 is 6.10 Å². The van der Waals surface area contributed by atoms with Gasteiger partial charge < -0.3 is 10.4 Å². The van der Waals surface area contributed by atoms with Gasteiger partial charge in [0.2, 0.25) is 5.91 Å². The van der Waals surface area contributed by atoms with Crippen molar-refractivity contribution in [3.8, 4) is 22.4 Å². The van der Waals surface area contributed by atoms with Crippen molar-refractivity contribution in [3.05, 3.63) is 84.4 Å². The first-order chi connectivity index (χ1) is 17.0. The first-order valence-electron chi connectivity index (χ1n) is 12.0. The fraction of sp³-hybridized carbons (Fsp3) is 0.233. The van der Waals surface area contributed by atoms with Crippen molar-refractivity contribution in [2.24, 2.45) is 0 Å². The lowest BCUT2D eigenvalue weighted by Gasteiger charge is -2.19. The molecule has 0 bridgehead atoms. The lowest BCUT2D eigenvalue weighted by molar-refractivity contribution is -0.119. The third kappa shape index (κ3) is 5.81. The van der Waals surface area contributed by atoms with Crippen LogP contribution < -0.4 is 5.32 Å². The molecule has 35 heavy (non-hydrogen) atoms. The summed E-state index contributed by atoms with van der Waals surface area (Å²) in [5.74, 6) is -0.0983. The van der Waals surface area contributed by atoms with Crippen molar-refractivity contribution in [2.75, 3.05) is 5.32 Å². The molecule has 4 rings (SSSR count). The number of Topliss-reactive ketones (excluding diaryl/α,β-unsaturated/α-hetero) is 1. The predicted molar refractivity (Wildman–Crippen MR) is 141 cm³/mol. The number of anilines is 1. The van der Waals surface area contributed by atoms with Crippen LogP contribution in [-0.4, -0.2) is 27.9 Å². The van der Waals surface area contributed by atoms with Gasteiger partial charge in [-0.05, 0) is 36.1 Å². The Labute approximate surface area is 205 Å². The average molecular weight is 467 g/mol. The zero-order valence-corrected chi connectivity index (χ0v) is 20.1. The molecular formula is C30H30N2O3. The van der Waals surface area contributed by atoms with Crippen molar-refractivity contribution in [1.29, 1.82) is 0 Å². The molecule has 1 unspecified atom stereocenters. The zero-order chi connectivity index (χ0) is 24.8. The smallest absolute Gasteiger partial charge is 0.221 e. The summed E-state index contributed by atoms with van der Waals surface area (Å²) in [6, 6.07) is 25.6. The molecule has 0 spiro atoms. The minimum Gasteiger partial charge on any atom is -0.393 e. The van der Waals surface area contributed by atoms with Crippen LogP contribution in [0.15, 0.2) is 78.9 Å². The molecule has 5 nitrogen and oxygen atoms in total. The second-order valence-electron chi connectivity index (χ2n) is 8.79. The van der Waals surface area contributed by atoms with Gasteiger partial charge >= 0.3 is 0 Å². The molecule has 0 radical (unpaired) electrons. The van der Waals surface area contributed by atoms with Gasteiger partial charge in [0.05, 0.1) is 23.0 Å². The van der Waals surface area contributed by atoms with Crippen LogP contribution in [0.4, 0.5) is 5.69 Å². The van der Waals surface area contributed by atoms with E-state index in [4.69, 9.17) is 4.98 Å². The fourth-order valence-corrected chi connectivity index (χ4v) is 4.26. The van der Waals surface area contributed by atoms with Crippen LogP contribution in [0, 0.1) is 0 Å². The summed E-state index contributed by atoms with van der Waals surface area (Å²) >= 11 is 0. The molecule has 4 aromatic rings. The Hall–Kier alpha value is -3.83. The maximum absolute atomic E-state index is 12.6. The molecule has 2 N–H and O–H groups in total. The number of nitrogens with one attached hydrogen (secondary N) is 1. The fourth-order valence-electron chi connectivity index (χ4n) is 4.26. The highest BCUT2D eigenvalue weighted by molar-refractivity contribution is 6.10. The van der Waals surface area contributed by atoms with E-state index in [0.717, 1.165) is 38.9 Å². The van der Waals surface area contributed by atoms with E-state index >= 15 is 0 Å². The number of hydrogen-bond acceptors (Lipinski definition) is 4. The predicted octanol–water partition coefficient (Wildman–Crippen LogP) is 6.19. The molecule has 0 aliphatic rings. The van der Waals surface area contributed by atoms with Gasteiger partial charge in [0, 0.05) is 36.3 Å². The number of aliphatic hydroxyl groups excluding tert-OH is 1. The maximum Gasteiger partial charge on any atom is 0.221 e. The van der Waals surface area contributed by atoms with Crippen LogP contribution in [0.5, 0.6) is 0 Å². The standard InChI is InChI=1S/C30H30N2O3/c1-3-24(34)15-16-25(35)18-21-14-17-27-26(19-21)30(31-20(2)33)28(22-10-6-4-7-11-22)29(32-27)23-12-8-5-9-13-23/h4-14,17,19,24,34H,3,15-16,18H2,1-2H3,(H,31,32,33). The van der Waals surface area contributed by atoms with E-state index in [1.54, 1.807) is 0 Å². The SMILES string of the molecule is CCC(O)CCC(=O)Cc1ccc2nc(-c3ccccc3)c(-c3ccccc3)c(NC(C)=O)c2c1. The molecule has 0 saturated carbocycles. The number of rotatable bonds is 9. The highest BCUT2D eigenvalue weighted by Crippen LogP contribution is 2.41. The van der Waals surface area contributed by atoms with E-state index in [0.29, 0.717) is 24.9 Å². The summed E-state index contributed by atoms with van der Waals surface area (Å²) < 4.78 is 0. The second kappa shape index (κ2) is 11.1. The summed E-state index contributed by atoms with van der Waals surface area (Å²) in [5, 5.41) is 13.6. The molecule has 1 aromatic heterocycles. The van der Waals surface area contributed by atoms with Crippen LogP contribution in [0.25, 0.3) is 33.3 Å². The van der Waals surface area contributed by atoms with Gasteiger partial charge in [-0.3, -0.25) is 9.59 Å². The lowest BCUT2D eigenvalue weighted by atomic mass is 9.93. The van der Waals surface area contributed by atoms with Gasteiger partial charge in [0.15, 0.2) is 0 Å². The van der Waals surface area contributed by atoms with E-state index in [1.807, 2.05) is 85.8 Å². The number of aliphatic hydroxyl groups is 1. The van der Waals surface area contributed by atoms with Crippen molar-refractivity contribution in [1.82, 2.24) is 4.98 Å². The third-order valence-corrected chi connectivity index (χ3v) is 6.09. The Kier molecular flexibility index (Phi) is 7.68. The number of aromatic nitrogens is 1. The summed E-state index contributed by atoms with van der Waals surface area (Å²) in [4.78, 5) is 29.9. The Morgan fingerprint density at radius 3 is 2.23 bits per heavy atom. The molecule has 0 fully saturated rings. The zero-order valence-electron chi connectivity index (χ0n) is 20.1. The molecule has 0 aliphatic carbocycles. The molecule has 3 aromatic carbocycles. The molecular weight excluding hydrogens is 436 g/mol. The van der Waals surface area contributed by atoms with Gasteiger partial charge in [-0.15, -0.1) is 0 Å². The summed E-state index contributed by atoms with van der Waals surface area (Å²) in [7, 11) is 0. The molecule has 1 amide bonds. The van der Waals surface area contributed by atoms with E-state index in [2.05, 4.69) is 5.32 Å². The minimum atomic E-state index is -0.448. The molecule has 1 heterocycles. The molecule has 178 valence electrons. The van der Waals surface area contributed by atoms with Crippen molar-refractivity contribution in [3.63, 3.8) is 0 Å². The summed E-state index contributed by atoms with van der Waals surface area (Å²) in [6.45, 7) is 3.40. The highest BCUT2D eigenvalue weighted by Gasteiger charge is 2.20. The number of fused-ring (bicyclic) bond motifs is 1. The van der Waals surface area contributed by atoms with Gasteiger partial charge in [0.25, 0.3) is 0 Å². The Morgan fingerprint density at radius 2 is 1.60 bits per heavy atom. The van der Waals surface area contributed by atoms with Crippen LogP contribution in [-0.2, 0) is 16.0 Å². The molecule has 5 heteroatoms. The van der Waals surface area contributed by atoms with Crippen molar-refractivity contribution >= 4 is 28.3 Å². The number of carbonyl (C=O) groups excluding carboxylic acids is 2. The monoisotopic (exact) mass is 466 g/mol. The van der Waals surface area contributed by atoms with E-state index in [-0.39, 0.29) is 18.1 Å². The topological polar surface area (TPSA) is 79.3 Å². The van der Waals surface area contributed by atoms with Crippen molar-refractivity contribution < 1.29 is 14.7 Å². The quantitative estimate of drug-likeness (QED) is 0.308. The highest BCUT2D eigenvalue weighted by atomic mass is 16.3. The third-order valence-electron chi connectivity index (χ3n) is 6.09. The van der Waals surface area contributed by atoms with Crippen LogP contribution >= 0.6 is 0 Å². The summed E-state index contributed by atoms with van der Waals surface area (Å²) in [5.41, 5.74) is 5.80. The first kappa shape index (κ1) is 24.3. The Bertz CT molecular complexity index is 1330. The normalized spacial score (nSPS) is 11.9. The van der Waals surface area contributed by atoms with Crippen LogP contribution in [0.1, 0.15) is 38.7 Å². The Balaban J connectivity index is 1.87. The van der Waals surface area contributed by atoms with E-state index in [9.17, 15) is 14.7 Å². The van der Waals surface area contributed by atoms with Crippen LogP contribution in [0.3, 0.4) is 0 Å². The van der Waals surface area contributed by atoms with Gasteiger partial charge in [-0.2, -0.15) is 0 Å². The molecule has 0 saturated heterocycles. The number of amides is 1. The number of pyridine rings is 1. The molecule has 0 aliphatic heterocycles. The first-order valence-corrected chi connectivity index (χ1v) is 12.0. The number of benzene rings is 3. The Morgan fingerprint density at radius 1 is 0.943 bits per heavy atom. The average Bonchev–Trinajstić information content (AvgIpc) is 2.88. The second-order valence-corrected chi connectivity index (χ2v) is 8.79. The summed E-state index contributed by atoms with van der Waals surface area (Å²) in [6.07, 6.45) is 1.27. The van der Waals surface area contributed by atoms with E-state index in [1.165, 1.54) is 6.92 Å². The molecule has 1 atom stereocenters. The van der Waals surface area contributed by atoms with Gasteiger partial charge in [-0.25, -0.2) is 4.98 Å². The number of ketones is 1.